The summed E-state index contributed by atoms with van der Waals surface area (Å²) in [5.41, 5.74) is 6.69. The molecule has 0 saturated carbocycles. The van der Waals surface area contributed by atoms with Crippen LogP contribution >= 0.6 is 0 Å². The van der Waals surface area contributed by atoms with Crippen molar-refractivity contribution in [3.8, 4) is 0 Å². The van der Waals surface area contributed by atoms with Crippen molar-refractivity contribution >= 4 is 17.5 Å². The third-order valence-corrected chi connectivity index (χ3v) is 3.87. The summed E-state index contributed by atoms with van der Waals surface area (Å²) in [5, 5.41) is 5.43. The van der Waals surface area contributed by atoms with Gasteiger partial charge in [0.15, 0.2) is 0 Å². The number of hydrogen-bond acceptors (Lipinski definition) is 4. The van der Waals surface area contributed by atoms with E-state index in [0.29, 0.717) is 18.9 Å². The lowest BCUT2D eigenvalue weighted by Gasteiger charge is -2.27. The fourth-order valence-electron chi connectivity index (χ4n) is 2.44. The molecule has 2 amide bonds. The minimum Gasteiger partial charge on any atom is -0.381 e. The van der Waals surface area contributed by atoms with Crippen LogP contribution in [-0.4, -0.2) is 37.1 Å². The van der Waals surface area contributed by atoms with E-state index < -0.39 is 12.1 Å². The van der Waals surface area contributed by atoms with Crippen LogP contribution in [0.25, 0.3) is 0 Å². The van der Waals surface area contributed by atoms with E-state index in [9.17, 15) is 9.59 Å². The van der Waals surface area contributed by atoms with E-state index in [-0.39, 0.29) is 17.7 Å². The number of hydrogen-bond donors (Lipinski definition) is 3. The SMILES string of the molecule is CC(NC(=O)C(N)C1CCOCC1)C(=O)Nc1ccccc1. The zero-order valence-electron chi connectivity index (χ0n) is 12.7. The molecule has 2 atom stereocenters. The van der Waals surface area contributed by atoms with Crippen molar-refractivity contribution in [1.29, 1.82) is 0 Å². The largest absolute Gasteiger partial charge is 0.381 e. The molecule has 1 aromatic rings. The van der Waals surface area contributed by atoms with Gasteiger partial charge in [0.25, 0.3) is 0 Å². The van der Waals surface area contributed by atoms with Crippen molar-refractivity contribution in [3.63, 3.8) is 0 Å². The second kappa shape index (κ2) is 7.91. The molecule has 120 valence electrons. The molecule has 2 rings (SSSR count). The van der Waals surface area contributed by atoms with Crippen molar-refractivity contribution in [3.05, 3.63) is 30.3 Å². The number of para-hydroxylation sites is 1. The first-order valence-electron chi connectivity index (χ1n) is 7.57. The smallest absolute Gasteiger partial charge is 0.246 e. The summed E-state index contributed by atoms with van der Waals surface area (Å²) in [6.07, 6.45) is 1.55. The van der Waals surface area contributed by atoms with E-state index in [1.54, 1.807) is 19.1 Å². The summed E-state index contributed by atoms with van der Waals surface area (Å²) >= 11 is 0. The number of carbonyl (C=O) groups is 2. The second-order valence-electron chi connectivity index (χ2n) is 5.56. The van der Waals surface area contributed by atoms with Crippen molar-refractivity contribution in [2.45, 2.75) is 31.8 Å². The van der Waals surface area contributed by atoms with Crippen LogP contribution in [0.4, 0.5) is 5.69 Å². The number of carbonyl (C=O) groups excluding carboxylic acids is 2. The molecule has 0 aliphatic carbocycles. The highest BCUT2D eigenvalue weighted by Gasteiger charge is 2.28. The zero-order chi connectivity index (χ0) is 15.9. The second-order valence-corrected chi connectivity index (χ2v) is 5.56. The third-order valence-electron chi connectivity index (χ3n) is 3.87. The van der Waals surface area contributed by atoms with E-state index in [1.807, 2.05) is 18.2 Å². The van der Waals surface area contributed by atoms with Crippen LogP contribution in [0.1, 0.15) is 19.8 Å². The van der Waals surface area contributed by atoms with Crippen LogP contribution < -0.4 is 16.4 Å². The first-order valence-corrected chi connectivity index (χ1v) is 7.57. The summed E-state index contributed by atoms with van der Waals surface area (Å²) in [6, 6.07) is 7.88. The first-order chi connectivity index (χ1) is 10.6. The fourth-order valence-corrected chi connectivity index (χ4v) is 2.44. The average Bonchev–Trinajstić information content (AvgIpc) is 2.55. The number of nitrogens with one attached hydrogen (secondary N) is 2. The minimum absolute atomic E-state index is 0.109. The molecule has 0 spiro atoms. The number of rotatable bonds is 5. The number of benzene rings is 1. The van der Waals surface area contributed by atoms with Gasteiger partial charge in [-0.25, -0.2) is 0 Å². The summed E-state index contributed by atoms with van der Waals surface area (Å²) in [5.74, 6) is -0.445. The standard InChI is InChI=1S/C16H23N3O3/c1-11(15(20)19-13-5-3-2-4-6-13)18-16(21)14(17)12-7-9-22-10-8-12/h2-6,11-12,14H,7-10,17H2,1H3,(H,18,21)(H,19,20). The summed E-state index contributed by atoms with van der Waals surface area (Å²) in [7, 11) is 0. The Bertz CT molecular complexity index is 501. The Kier molecular flexibility index (Phi) is 5.91. The molecule has 1 heterocycles. The van der Waals surface area contributed by atoms with Gasteiger partial charge in [-0.15, -0.1) is 0 Å². The quantitative estimate of drug-likeness (QED) is 0.753. The molecule has 1 aliphatic rings. The Balaban J connectivity index is 1.83. The molecule has 1 aromatic carbocycles. The number of nitrogens with two attached hydrogens (primary N) is 1. The molecule has 1 aliphatic heterocycles. The molecule has 2 unspecified atom stereocenters. The number of anilines is 1. The maximum Gasteiger partial charge on any atom is 0.246 e. The molecule has 6 nitrogen and oxygen atoms in total. The van der Waals surface area contributed by atoms with Crippen molar-refractivity contribution in [2.75, 3.05) is 18.5 Å². The number of ether oxygens (including phenoxy) is 1. The van der Waals surface area contributed by atoms with Crippen LogP contribution in [0.15, 0.2) is 30.3 Å². The van der Waals surface area contributed by atoms with E-state index in [2.05, 4.69) is 10.6 Å². The Morgan fingerprint density at radius 2 is 1.82 bits per heavy atom. The Labute approximate surface area is 130 Å². The highest BCUT2D eigenvalue weighted by atomic mass is 16.5. The topological polar surface area (TPSA) is 93.5 Å². The van der Waals surface area contributed by atoms with Crippen LogP contribution in [0, 0.1) is 5.92 Å². The lowest BCUT2D eigenvalue weighted by molar-refractivity contribution is -0.128. The lowest BCUT2D eigenvalue weighted by atomic mass is 9.91. The maximum absolute atomic E-state index is 12.2. The Hall–Kier alpha value is -1.92. The predicted molar refractivity (Wildman–Crippen MR) is 84.2 cm³/mol. The van der Waals surface area contributed by atoms with Gasteiger partial charge in [0.05, 0.1) is 6.04 Å². The first kappa shape index (κ1) is 16.5. The highest BCUT2D eigenvalue weighted by Crippen LogP contribution is 2.17. The molecule has 1 fully saturated rings. The monoisotopic (exact) mass is 305 g/mol. The summed E-state index contributed by atoms with van der Waals surface area (Å²) in [4.78, 5) is 24.2. The molecule has 0 bridgehead atoms. The molecule has 4 N–H and O–H groups in total. The van der Waals surface area contributed by atoms with E-state index in [1.165, 1.54) is 0 Å². The maximum atomic E-state index is 12.2. The Morgan fingerprint density at radius 1 is 1.18 bits per heavy atom. The molecule has 6 heteroatoms. The van der Waals surface area contributed by atoms with E-state index in [0.717, 1.165) is 12.8 Å². The Morgan fingerprint density at radius 3 is 2.45 bits per heavy atom. The van der Waals surface area contributed by atoms with Gasteiger partial charge in [0, 0.05) is 18.9 Å². The van der Waals surface area contributed by atoms with Gasteiger partial charge in [0.2, 0.25) is 11.8 Å². The van der Waals surface area contributed by atoms with Crippen LogP contribution in [-0.2, 0) is 14.3 Å². The van der Waals surface area contributed by atoms with Crippen molar-refractivity contribution in [1.82, 2.24) is 5.32 Å². The van der Waals surface area contributed by atoms with Gasteiger partial charge in [-0.3, -0.25) is 9.59 Å². The molecular weight excluding hydrogens is 282 g/mol. The average molecular weight is 305 g/mol. The normalized spacial score (nSPS) is 18.3. The van der Waals surface area contributed by atoms with Gasteiger partial charge < -0.3 is 21.1 Å². The van der Waals surface area contributed by atoms with Gasteiger partial charge in [0.1, 0.15) is 6.04 Å². The van der Waals surface area contributed by atoms with Gasteiger partial charge in [-0.05, 0) is 37.8 Å². The van der Waals surface area contributed by atoms with Gasteiger partial charge in [-0.2, -0.15) is 0 Å². The third kappa shape index (κ3) is 4.54. The molecule has 0 aromatic heterocycles. The van der Waals surface area contributed by atoms with E-state index >= 15 is 0 Å². The minimum atomic E-state index is -0.640. The lowest BCUT2D eigenvalue weighted by Crippen LogP contribution is -2.52. The summed E-state index contributed by atoms with van der Waals surface area (Å²) in [6.45, 7) is 2.91. The van der Waals surface area contributed by atoms with Crippen molar-refractivity contribution in [2.24, 2.45) is 11.7 Å². The predicted octanol–water partition coefficient (Wildman–Crippen LogP) is 0.884. The van der Waals surface area contributed by atoms with Gasteiger partial charge in [-0.1, -0.05) is 18.2 Å². The highest BCUT2D eigenvalue weighted by molar-refractivity contribution is 5.97. The molecule has 0 radical (unpaired) electrons. The van der Waals surface area contributed by atoms with Crippen LogP contribution in [0.2, 0.25) is 0 Å². The molecule has 1 saturated heterocycles. The van der Waals surface area contributed by atoms with E-state index in [4.69, 9.17) is 10.5 Å². The van der Waals surface area contributed by atoms with Crippen LogP contribution in [0.5, 0.6) is 0 Å². The van der Waals surface area contributed by atoms with Crippen molar-refractivity contribution < 1.29 is 14.3 Å². The molecule has 22 heavy (non-hydrogen) atoms. The number of amides is 2. The van der Waals surface area contributed by atoms with Gasteiger partial charge >= 0.3 is 0 Å². The molecular formula is C16H23N3O3. The fraction of sp³-hybridized carbons (Fsp3) is 0.500. The summed E-state index contributed by atoms with van der Waals surface area (Å²) < 4.78 is 5.26. The zero-order valence-corrected chi connectivity index (χ0v) is 12.7. The van der Waals surface area contributed by atoms with Crippen LogP contribution in [0.3, 0.4) is 0 Å².